The summed E-state index contributed by atoms with van der Waals surface area (Å²) in [6, 6.07) is -0.990. The second-order valence-electron chi connectivity index (χ2n) is 5.34. The lowest BCUT2D eigenvalue weighted by Gasteiger charge is -2.37. The summed E-state index contributed by atoms with van der Waals surface area (Å²) in [6.07, 6.45) is 0. The Morgan fingerprint density at radius 3 is 2.62 bits per heavy atom. The van der Waals surface area contributed by atoms with E-state index in [9.17, 15) is 9.59 Å². The van der Waals surface area contributed by atoms with Gasteiger partial charge in [0, 0.05) is 13.1 Å². The van der Waals surface area contributed by atoms with Crippen molar-refractivity contribution in [1.29, 1.82) is 0 Å². The lowest BCUT2D eigenvalue weighted by Crippen LogP contribution is -2.61. The predicted molar refractivity (Wildman–Crippen MR) is 61.6 cm³/mol. The van der Waals surface area contributed by atoms with E-state index in [0.717, 1.165) is 0 Å². The van der Waals surface area contributed by atoms with Crippen LogP contribution in [0, 0.1) is 5.41 Å². The molecule has 0 spiro atoms. The average molecular weight is 227 g/mol. The molecule has 0 saturated carbocycles. The van der Waals surface area contributed by atoms with E-state index >= 15 is 0 Å². The quantitative estimate of drug-likeness (QED) is 0.646. The van der Waals surface area contributed by atoms with Gasteiger partial charge in [0.2, 0.25) is 11.8 Å². The maximum atomic E-state index is 12.1. The van der Waals surface area contributed by atoms with Crippen LogP contribution in [0.25, 0.3) is 0 Å². The second-order valence-corrected chi connectivity index (χ2v) is 5.34. The Kier molecular flexibility index (Phi) is 3.57. The topological polar surface area (TPSA) is 75.4 Å². The molecule has 0 aromatic rings. The van der Waals surface area contributed by atoms with Gasteiger partial charge in [0.25, 0.3) is 0 Å². The largest absolute Gasteiger partial charge is 0.353 e. The normalized spacial score (nSPS) is 23.9. The average Bonchev–Trinajstić information content (AvgIpc) is 2.18. The molecule has 0 aromatic carbocycles. The molecule has 2 atom stereocenters. The zero-order valence-electron chi connectivity index (χ0n) is 10.4. The fourth-order valence-electron chi connectivity index (χ4n) is 1.63. The van der Waals surface area contributed by atoms with Crippen molar-refractivity contribution in [2.24, 2.45) is 11.1 Å². The fourth-order valence-corrected chi connectivity index (χ4v) is 1.63. The van der Waals surface area contributed by atoms with Crippen molar-refractivity contribution in [1.82, 2.24) is 10.2 Å². The van der Waals surface area contributed by atoms with Crippen LogP contribution in [-0.4, -0.2) is 41.9 Å². The van der Waals surface area contributed by atoms with E-state index in [4.69, 9.17) is 5.73 Å². The van der Waals surface area contributed by atoms with Crippen molar-refractivity contribution < 1.29 is 9.59 Å². The third-order valence-corrected chi connectivity index (χ3v) is 2.98. The van der Waals surface area contributed by atoms with Crippen molar-refractivity contribution in [2.45, 2.75) is 39.8 Å². The molecule has 0 bridgehead atoms. The van der Waals surface area contributed by atoms with Gasteiger partial charge in [-0.1, -0.05) is 20.8 Å². The molecule has 0 radical (unpaired) electrons. The SMILES string of the molecule is CC1C(=O)NCCN1C(=O)[C@H](N)C(C)(C)C. The maximum absolute atomic E-state index is 12.1. The summed E-state index contributed by atoms with van der Waals surface area (Å²) in [4.78, 5) is 25.1. The molecule has 1 saturated heterocycles. The van der Waals surface area contributed by atoms with Crippen LogP contribution in [0.4, 0.5) is 0 Å². The van der Waals surface area contributed by atoms with Gasteiger partial charge >= 0.3 is 0 Å². The summed E-state index contributed by atoms with van der Waals surface area (Å²) in [7, 11) is 0. The number of nitrogens with zero attached hydrogens (tertiary/aromatic N) is 1. The lowest BCUT2D eigenvalue weighted by molar-refractivity contribution is -0.145. The Labute approximate surface area is 96.4 Å². The Morgan fingerprint density at radius 2 is 2.12 bits per heavy atom. The van der Waals surface area contributed by atoms with E-state index in [-0.39, 0.29) is 17.2 Å². The molecular formula is C11H21N3O2. The van der Waals surface area contributed by atoms with Crippen molar-refractivity contribution in [3.05, 3.63) is 0 Å². The third-order valence-electron chi connectivity index (χ3n) is 2.98. The van der Waals surface area contributed by atoms with Gasteiger partial charge in [0.15, 0.2) is 0 Å². The van der Waals surface area contributed by atoms with Gasteiger partial charge in [-0.2, -0.15) is 0 Å². The number of hydrogen-bond acceptors (Lipinski definition) is 3. The smallest absolute Gasteiger partial charge is 0.242 e. The lowest BCUT2D eigenvalue weighted by atomic mass is 9.86. The van der Waals surface area contributed by atoms with E-state index in [0.29, 0.717) is 13.1 Å². The van der Waals surface area contributed by atoms with Crippen LogP contribution in [0.1, 0.15) is 27.7 Å². The van der Waals surface area contributed by atoms with Crippen molar-refractivity contribution in [3.63, 3.8) is 0 Å². The minimum atomic E-state index is -0.569. The number of hydrogen-bond donors (Lipinski definition) is 2. The van der Waals surface area contributed by atoms with Crippen LogP contribution in [0.5, 0.6) is 0 Å². The number of nitrogens with two attached hydrogens (primary N) is 1. The van der Waals surface area contributed by atoms with Crippen molar-refractivity contribution in [2.75, 3.05) is 13.1 Å². The van der Waals surface area contributed by atoms with E-state index in [1.807, 2.05) is 20.8 Å². The van der Waals surface area contributed by atoms with Gasteiger partial charge in [0.1, 0.15) is 6.04 Å². The van der Waals surface area contributed by atoms with Crippen LogP contribution >= 0.6 is 0 Å². The van der Waals surface area contributed by atoms with Crippen LogP contribution in [-0.2, 0) is 9.59 Å². The summed E-state index contributed by atoms with van der Waals surface area (Å²) in [5.41, 5.74) is 5.62. The van der Waals surface area contributed by atoms with E-state index in [1.54, 1.807) is 11.8 Å². The number of amides is 2. The molecule has 92 valence electrons. The molecule has 5 heteroatoms. The van der Waals surface area contributed by atoms with Gasteiger partial charge < -0.3 is 16.0 Å². The van der Waals surface area contributed by atoms with E-state index < -0.39 is 12.1 Å². The minimum Gasteiger partial charge on any atom is -0.353 e. The van der Waals surface area contributed by atoms with Crippen molar-refractivity contribution >= 4 is 11.8 Å². The molecule has 2 amide bonds. The van der Waals surface area contributed by atoms with Gasteiger partial charge in [0.05, 0.1) is 6.04 Å². The van der Waals surface area contributed by atoms with Gasteiger partial charge in [-0.3, -0.25) is 9.59 Å². The zero-order valence-corrected chi connectivity index (χ0v) is 10.4. The monoisotopic (exact) mass is 227 g/mol. The van der Waals surface area contributed by atoms with Crippen LogP contribution in [0.2, 0.25) is 0 Å². The molecule has 1 heterocycles. The first-order valence-electron chi connectivity index (χ1n) is 5.59. The standard InChI is InChI=1S/C11H21N3O2/c1-7-9(15)13-5-6-14(7)10(16)8(12)11(2,3)4/h7-8H,5-6,12H2,1-4H3,(H,13,15)/t7?,8-/m0/s1. The molecule has 0 aliphatic carbocycles. The maximum Gasteiger partial charge on any atom is 0.242 e. The first-order chi connectivity index (χ1) is 7.25. The first-order valence-corrected chi connectivity index (χ1v) is 5.59. The second kappa shape index (κ2) is 4.41. The summed E-state index contributed by atoms with van der Waals surface area (Å²) in [6.45, 7) is 8.53. The van der Waals surface area contributed by atoms with E-state index in [2.05, 4.69) is 5.32 Å². The van der Waals surface area contributed by atoms with Gasteiger partial charge in [-0.15, -0.1) is 0 Å². The highest BCUT2D eigenvalue weighted by Gasteiger charge is 2.36. The van der Waals surface area contributed by atoms with Crippen LogP contribution < -0.4 is 11.1 Å². The molecule has 3 N–H and O–H groups in total. The first kappa shape index (κ1) is 13.0. The molecule has 1 rings (SSSR count). The molecule has 0 aromatic heterocycles. The molecule has 1 aliphatic rings. The van der Waals surface area contributed by atoms with Crippen LogP contribution in [0.3, 0.4) is 0 Å². The Bertz CT molecular complexity index is 296. The molecular weight excluding hydrogens is 206 g/mol. The third kappa shape index (κ3) is 2.52. The summed E-state index contributed by atoms with van der Waals surface area (Å²) in [5, 5.41) is 2.72. The molecule has 1 fully saturated rings. The van der Waals surface area contributed by atoms with Crippen LogP contribution in [0.15, 0.2) is 0 Å². The van der Waals surface area contributed by atoms with Gasteiger partial charge in [-0.25, -0.2) is 0 Å². The minimum absolute atomic E-state index is 0.110. The molecule has 5 nitrogen and oxygen atoms in total. The zero-order chi connectivity index (χ0) is 12.5. The number of carbonyl (C=O) groups excluding carboxylic acids is 2. The Balaban J connectivity index is 2.77. The Morgan fingerprint density at radius 1 is 1.56 bits per heavy atom. The highest BCUT2D eigenvalue weighted by Crippen LogP contribution is 2.20. The van der Waals surface area contributed by atoms with E-state index in [1.165, 1.54) is 0 Å². The van der Waals surface area contributed by atoms with Crippen molar-refractivity contribution in [3.8, 4) is 0 Å². The molecule has 1 aliphatic heterocycles. The fraction of sp³-hybridized carbons (Fsp3) is 0.818. The predicted octanol–water partition coefficient (Wildman–Crippen LogP) is -0.293. The summed E-state index contributed by atoms with van der Waals surface area (Å²) in [5.74, 6) is -0.254. The van der Waals surface area contributed by atoms with Gasteiger partial charge in [-0.05, 0) is 12.3 Å². The number of rotatable bonds is 1. The number of nitrogens with one attached hydrogen (secondary N) is 1. The molecule has 1 unspecified atom stereocenters. The Hall–Kier alpha value is -1.10. The highest BCUT2D eigenvalue weighted by molar-refractivity contribution is 5.90. The molecule has 16 heavy (non-hydrogen) atoms. The summed E-state index contributed by atoms with van der Waals surface area (Å²) >= 11 is 0. The number of carbonyl (C=O) groups is 2. The highest BCUT2D eigenvalue weighted by atomic mass is 16.2. The number of piperazine rings is 1. The summed E-state index contributed by atoms with van der Waals surface area (Å²) < 4.78 is 0.